The zero-order valence-corrected chi connectivity index (χ0v) is 14.0. The number of pyridine rings is 1. The predicted molar refractivity (Wildman–Crippen MR) is 90.8 cm³/mol. The Bertz CT molecular complexity index is 899. The summed E-state index contributed by atoms with van der Waals surface area (Å²) in [7, 11) is 0. The molecule has 1 saturated carbocycles. The first-order valence-electron chi connectivity index (χ1n) is 8.19. The fourth-order valence-electron chi connectivity index (χ4n) is 3.22. The third kappa shape index (κ3) is 2.60. The highest BCUT2D eigenvalue weighted by atomic mass is 16.6. The number of fused-ring (bicyclic) bond motifs is 3. The fraction of sp³-hybridized carbons (Fsp3) is 0.471. The van der Waals surface area contributed by atoms with E-state index in [4.69, 9.17) is 4.74 Å². The van der Waals surface area contributed by atoms with Crippen molar-refractivity contribution in [3.63, 3.8) is 0 Å². The van der Waals surface area contributed by atoms with E-state index in [1.807, 2.05) is 39.4 Å². The molecule has 2 N–H and O–H groups in total. The molecule has 0 aromatic carbocycles. The number of nitrogens with one attached hydrogen (secondary N) is 2. The molecule has 0 radical (unpaired) electrons. The van der Waals surface area contributed by atoms with E-state index in [-0.39, 0.29) is 12.1 Å². The van der Waals surface area contributed by atoms with Gasteiger partial charge >= 0.3 is 6.09 Å². The van der Waals surface area contributed by atoms with Crippen LogP contribution in [0.4, 0.5) is 4.79 Å². The topological polar surface area (TPSA) is 84.8 Å². The molecule has 0 aliphatic heterocycles. The number of carbonyl (C=O) groups excluding carboxylic acids is 1. The maximum Gasteiger partial charge on any atom is 0.407 e. The molecule has 3 heterocycles. The second-order valence-electron chi connectivity index (χ2n) is 7.35. The molecule has 24 heavy (non-hydrogen) atoms. The van der Waals surface area contributed by atoms with Gasteiger partial charge in [-0.15, -0.1) is 0 Å². The highest BCUT2D eigenvalue weighted by Gasteiger charge is 2.33. The van der Waals surface area contributed by atoms with Crippen LogP contribution < -0.4 is 5.32 Å². The van der Waals surface area contributed by atoms with Crippen LogP contribution in [-0.2, 0) is 4.74 Å². The zero-order chi connectivity index (χ0) is 16.9. The van der Waals surface area contributed by atoms with E-state index in [1.54, 1.807) is 6.20 Å². The van der Waals surface area contributed by atoms with Gasteiger partial charge in [-0.05, 0) is 39.7 Å². The lowest BCUT2D eigenvalue weighted by Crippen LogP contribution is -2.46. The molecule has 3 aromatic heterocycles. The Labute approximate surface area is 139 Å². The lowest BCUT2D eigenvalue weighted by Gasteiger charge is -2.37. The summed E-state index contributed by atoms with van der Waals surface area (Å²) in [5.74, 6) is 0. The first-order chi connectivity index (χ1) is 11.4. The van der Waals surface area contributed by atoms with Crippen LogP contribution in [-0.4, -0.2) is 37.3 Å². The number of hydrogen-bond acceptors (Lipinski definition) is 4. The van der Waals surface area contributed by atoms with Crippen molar-refractivity contribution in [3.05, 3.63) is 24.8 Å². The normalized spacial score (nSPS) is 21.0. The molecular weight excluding hydrogens is 306 g/mol. The monoisotopic (exact) mass is 327 g/mol. The van der Waals surface area contributed by atoms with Gasteiger partial charge in [-0.1, -0.05) is 0 Å². The Morgan fingerprint density at radius 3 is 2.92 bits per heavy atom. The molecule has 3 aromatic rings. The minimum Gasteiger partial charge on any atom is -0.444 e. The molecule has 126 valence electrons. The van der Waals surface area contributed by atoms with Crippen molar-refractivity contribution in [1.29, 1.82) is 0 Å². The van der Waals surface area contributed by atoms with Gasteiger partial charge in [0.2, 0.25) is 0 Å². The van der Waals surface area contributed by atoms with E-state index in [9.17, 15) is 4.79 Å². The molecule has 7 heteroatoms. The molecule has 0 atom stereocenters. The zero-order valence-electron chi connectivity index (χ0n) is 14.0. The summed E-state index contributed by atoms with van der Waals surface area (Å²) >= 11 is 0. The lowest BCUT2D eigenvalue weighted by molar-refractivity contribution is 0.0457. The summed E-state index contributed by atoms with van der Waals surface area (Å²) in [6, 6.07) is 2.50. The van der Waals surface area contributed by atoms with Gasteiger partial charge in [0.05, 0.1) is 18.0 Å². The number of aromatic nitrogens is 4. The van der Waals surface area contributed by atoms with Crippen LogP contribution in [0.25, 0.3) is 22.1 Å². The number of aromatic amines is 1. The van der Waals surface area contributed by atoms with Gasteiger partial charge < -0.3 is 19.6 Å². The van der Waals surface area contributed by atoms with Crippen molar-refractivity contribution in [2.24, 2.45) is 0 Å². The smallest absolute Gasteiger partial charge is 0.407 e. The third-order valence-corrected chi connectivity index (χ3v) is 4.35. The van der Waals surface area contributed by atoms with Crippen LogP contribution >= 0.6 is 0 Å². The fourth-order valence-corrected chi connectivity index (χ4v) is 3.22. The minimum absolute atomic E-state index is 0.144. The summed E-state index contributed by atoms with van der Waals surface area (Å²) in [6.45, 7) is 5.60. The highest BCUT2D eigenvalue weighted by Crippen LogP contribution is 2.36. The maximum absolute atomic E-state index is 11.8. The van der Waals surface area contributed by atoms with E-state index in [2.05, 4.69) is 24.8 Å². The van der Waals surface area contributed by atoms with Crippen molar-refractivity contribution in [3.8, 4) is 0 Å². The van der Waals surface area contributed by atoms with E-state index < -0.39 is 5.60 Å². The summed E-state index contributed by atoms with van der Waals surface area (Å²) in [5, 5.41) is 4.01. The first kappa shape index (κ1) is 15.0. The Morgan fingerprint density at radius 1 is 1.38 bits per heavy atom. The summed E-state index contributed by atoms with van der Waals surface area (Å²) in [5.41, 5.74) is 2.39. The van der Waals surface area contributed by atoms with Gasteiger partial charge in [0.1, 0.15) is 16.8 Å². The number of nitrogens with zero attached hydrogens (tertiary/aromatic N) is 3. The van der Waals surface area contributed by atoms with Crippen LogP contribution in [0.2, 0.25) is 0 Å². The molecule has 0 unspecified atom stereocenters. The molecule has 0 saturated heterocycles. The number of imidazole rings is 1. The molecule has 4 rings (SSSR count). The molecule has 7 nitrogen and oxygen atoms in total. The second-order valence-corrected chi connectivity index (χ2v) is 7.35. The van der Waals surface area contributed by atoms with Crippen LogP contribution in [0.5, 0.6) is 0 Å². The van der Waals surface area contributed by atoms with Crippen molar-refractivity contribution >= 4 is 28.2 Å². The van der Waals surface area contributed by atoms with Gasteiger partial charge in [0, 0.05) is 23.7 Å². The Balaban J connectivity index is 1.48. The standard InChI is InChI=1S/C17H21N5O2/c1-17(2,3)24-16(23)21-10-6-11(7-10)22-9-20-13-8-19-15-12(14(13)22)4-5-18-15/h4-5,8-11H,6-7H2,1-3H3,(H,18,19)(H,21,23). The van der Waals surface area contributed by atoms with Gasteiger partial charge in [-0.3, -0.25) is 0 Å². The molecule has 1 amide bonds. The van der Waals surface area contributed by atoms with Gasteiger partial charge in [0.25, 0.3) is 0 Å². The third-order valence-electron chi connectivity index (χ3n) is 4.35. The quantitative estimate of drug-likeness (QED) is 0.757. The van der Waals surface area contributed by atoms with E-state index in [0.717, 1.165) is 34.9 Å². The second kappa shape index (κ2) is 5.22. The number of carbonyl (C=O) groups is 1. The Hall–Kier alpha value is -2.57. The SMILES string of the molecule is CC(C)(C)OC(=O)NC1CC(n2cnc3cnc4[nH]ccc4c32)C1. The summed E-state index contributed by atoms with van der Waals surface area (Å²) < 4.78 is 7.50. The number of ether oxygens (including phenoxy) is 1. The van der Waals surface area contributed by atoms with E-state index >= 15 is 0 Å². The predicted octanol–water partition coefficient (Wildman–Crippen LogP) is 3.14. The summed E-state index contributed by atoms with van der Waals surface area (Å²) in [6.07, 6.45) is 6.95. The molecule has 1 aliphatic rings. The minimum atomic E-state index is -0.472. The Kier molecular flexibility index (Phi) is 3.26. The number of H-pyrrole nitrogens is 1. The molecular formula is C17H21N5O2. The Morgan fingerprint density at radius 2 is 2.17 bits per heavy atom. The molecule has 0 bridgehead atoms. The van der Waals surface area contributed by atoms with Crippen LogP contribution in [0, 0.1) is 0 Å². The number of amides is 1. The number of rotatable bonds is 2. The van der Waals surface area contributed by atoms with Crippen molar-refractivity contribution < 1.29 is 9.53 Å². The molecule has 0 spiro atoms. The largest absolute Gasteiger partial charge is 0.444 e. The van der Waals surface area contributed by atoms with E-state index in [0.29, 0.717) is 6.04 Å². The lowest BCUT2D eigenvalue weighted by atomic mass is 9.86. The van der Waals surface area contributed by atoms with Crippen LogP contribution in [0.15, 0.2) is 24.8 Å². The van der Waals surface area contributed by atoms with E-state index in [1.165, 1.54) is 0 Å². The van der Waals surface area contributed by atoms with Crippen LogP contribution in [0.3, 0.4) is 0 Å². The van der Waals surface area contributed by atoms with Crippen molar-refractivity contribution in [2.75, 3.05) is 0 Å². The average molecular weight is 327 g/mol. The number of alkyl carbamates (subject to hydrolysis) is 1. The molecule has 1 aliphatic carbocycles. The summed E-state index contributed by atoms with van der Waals surface area (Å²) in [4.78, 5) is 23.8. The van der Waals surface area contributed by atoms with Gasteiger partial charge in [0.15, 0.2) is 0 Å². The number of hydrogen-bond donors (Lipinski definition) is 2. The van der Waals surface area contributed by atoms with Crippen molar-refractivity contribution in [1.82, 2.24) is 24.8 Å². The first-order valence-corrected chi connectivity index (χ1v) is 8.19. The van der Waals surface area contributed by atoms with Gasteiger partial charge in [-0.25, -0.2) is 14.8 Å². The molecule has 1 fully saturated rings. The van der Waals surface area contributed by atoms with Crippen molar-refractivity contribution in [2.45, 2.75) is 51.3 Å². The average Bonchev–Trinajstić information content (AvgIpc) is 3.05. The van der Waals surface area contributed by atoms with Crippen LogP contribution in [0.1, 0.15) is 39.7 Å². The van der Waals surface area contributed by atoms with Gasteiger partial charge in [-0.2, -0.15) is 0 Å². The highest BCUT2D eigenvalue weighted by molar-refractivity contribution is 6.00. The maximum atomic E-state index is 11.8.